The molecule has 2 N–H and O–H groups in total. The number of benzene rings is 2. The van der Waals surface area contributed by atoms with Crippen molar-refractivity contribution in [1.29, 1.82) is 0 Å². The molecule has 1 saturated carbocycles. The van der Waals surface area contributed by atoms with Crippen LogP contribution in [-0.2, 0) is 0 Å². The topological polar surface area (TPSA) is 32.3 Å². The van der Waals surface area contributed by atoms with Gasteiger partial charge in [0.05, 0.1) is 6.61 Å². The van der Waals surface area contributed by atoms with Gasteiger partial charge in [-0.15, -0.1) is 0 Å². The minimum atomic E-state index is 0.131. The number of fused-ring (bicyclic) bond motifs is 1. The summed E-state index contributed by atoms with van der Waals surface area (Å²) in [6, 6.07) is 14.8. The fourth-order valence-corrected chi connectivity index (χ4v) is 2.66. The van der Waals surface area contributed by atoms with Gasteiger partial charge in [-0.3, -0.25) is 0 Å². The molecule has 0 aliphatic heterocycles. The first kappa shape index (κ1) is 11.5. The lowest BCUT2D eigenvalue weighted by Gasteiger charge is -2.40. The van der Waals surface area contributed by atoms with Crippen molar-refractivity contribution in [1.82, 2.24) is 0 Å². The highest BCUT2D eigenvalue weighted by Crippen LogP contribution is 2.40. The van der Waals surface area contributed by atoms with Crippen LogP contribution in [0.1, 0.15) is 19.3 Å². The number of aliphatic hydroxyl groups is 1. The van der Waals surface area contributed by atoms with E-state index in [2.05, 4.69) is 47.8 Å². The van der Waals surface area contributed by atoms with Gasteiger partial charge in [-0.2, -0.15) is 0 Å². The van der Waals surface area contributed by atoms with E-state index in [-0.39, 0.29) is 5.41 Å². The highest BCUT2D eigenvalue weighted by atomic mass is 16.3. The van der Waals surface area contributed by atoms with Crippen molar-refractivity contribution in [3.63, 3.8) is 0 Å². The van der Waals surface area contributed by atoms with Gasteiger partial charge in [0.1, 0.15) is 0 Å². The van der Waals surface area contributed by atoms with Crippen LogP contribution in [0.4, 0.5) is 5.69 Å². The van der Waals surface area contributed by atoms with E-state index in [4.69, 9.17) is 0 Å². The summed E-state index contributed by atoms with van der Waals surface area (Å²) in [7, 11) is 0. The van der Waals surface area contributed by atoms with Crippen LogP contribution in [0.5, 0.6) is 0 Å². The summed E-state index contributed by atoms with van der Waals surface area (Å²) in [6.45, 7) is 1.18. The van der Waals surface area contributed by atoms with Crippen LogP contribution in [-0.4, -0.2) is 18.3 Å². The average molecular weight is 241 g/mol. The van der Waals surface area contributed by atoms with Gasteiger partial charge < -0.3 is 10.4 Å². The molecule has 1 fully saturated rings. The smallest absolute Gasteiger partial charge is 0.0504 e. The lowest BCUT2D eigenvalue weighted by molar-refractivity contribution is 0.0576. The molecule has 0 unspecified atom stereocenters. The molecular weight excluding hydrogens is 222 g/mol. The molecule has 2 nitrogen and oxygen atoms in total. The van der Waals surface area contributed by atoms with Gasteiger partial charge in [-0.1, -0.05) is 36.8 Å². The zero-order valence-electron chi connectivity index (χ0n) is 10.5. The summed E-state index contributed by atoms with van der Waals surface area (Å²) in [6.07, 6.45) is 3.54. The number of hydrogen-bond donors (Lipinski definition) is 2. The molecule has 0 amide bonds. The largest absolute Gasteiger partial charge is 0.396 e. The standard InChI is InChI=1S/C16H19NO/c18-12-16(8-3-9-16)11-17-15-7-6-13-4-1-2-5-14(13)10-15/h1-2,4-7,10,17-18H,3,8-9,11-12H2. The molecule has 2 aromatic carbocycles. The van der Waals surface area contributed by atoms with E-state index in [1.807, 2.05) is 0 Å². The summed E-state index contributed by atoms with van der Waals surface area (Å²) in [5.41, 5.74) is 1.28. The Morgan fingerprint density at radius 1 is 1.06 bits per heavy atom. The van der Waals surface area contributed by atoms with Crippen molar-refractivity contribution in [2.45, 2.75) is 19.3 Å². The lowest BCUT2D eigenvalue weighted by Crippen LogP contribution is -2.39. The maximum Gasteiger partial charge on any atom is 0.0504 e. The van der Waals surface area contributed by atoms with Gasteiger partial charge in [0.15, 0.2) is 0 Å². The maximum absolute atomic E-state index is 9.45. The molecule has 0 saturated heterocycles. The zero-order valence-corrected chi connectivity index (χ0v) is 10.5. The second kappa shape index (κ2) is 4.62. The molecule has 0 heterocycles. The van der Waals surface area contributed by atoms with Crippen LogP contribution in [0.3, 0.4) is 0 Å². The lowest BCUT2D eigenvalue weighted by atomic mass is 9.69. The molecule has 0 bridgehead atoms. The average Bonchev–Trinajstić information content (AvgIpc) is 2.38. The zero-order chi connectivity index (χ0) is 12.4. The molecule has 1 aliphatic carbocycles. The van der Waals surface area contributed by atoms with Crippen molar-refractivity contribution < 1.29 is 5.11 Å². The van der Waals surface area contributed by atoms with Gasteiger partial charge in [-0.05, 0) is 35.7 Å². The van der Waals surface area contributed by atoms with Crippen LogP contribution in [0.15, 0.2) is 42.5 Å². The van der Waals surface area contributed by atoms with Crippen LogP contribution in [0.25, 0.3) is 10.8 Å². The molecule has 94 valence electrons. The number of anilines is 1. The quantitative estimate of drug-likeness (QED) is 0.859. The third-order valence-electron chi connectivity index (χ3n) is 4.17. The molecule has 0 aromatic heterocycles. The van der Waals surface area contributed by atoms with Crippen molar-refractivity contribution in [3.05, 3.63) is 42.5 Å². The van der Waals surface area contributed by atoms with E-state index in [0.29, 0.717) is 6.61 Å². The van der Waals surface area contributed by atoms with Gasteiger partial charge in [0, 0.05) is 17.6 Å². The van der Waals surface area contributed by atoms with Crippen LogP contribution in [0.2, 0.25) is 0 Å². The van der Waals surface area contributed by atoms with E-state index in [1.54, 1.807) is 0 Å². The predicted octanol–water partition coefficient (Wildman–Crippen LogP) is 3.41. The van der Waals surface area contributed by atoms with E-state index in [0.717, 1.165) is 25.1 Å². The predicted molar refractivity (Wildman–Crippen MR) is 75.8 cm³/mol. The highest BCUT2D eigenvalue weighted by Gasteiger charge is 2.35. The molecule has 0 radical (unpaired) electrons. The van der Waals surface area contributed by atoms with Gasteiger partial charge in [-0.25, -0.2) is 0 Å². The van der Waals surface area contributed by atoms with E-state index >= 15 is 0 Å². The molecule has 0 atom stereocenters. The Bertz CT molecular complexity index is 540. The van der Waals surface area contributed by atoms with Crippen molar-refractivity contribution in [2.24, 2.45) is 5.41 Å². The molecule has 18 heavy (non-hydrogen) atoms. The first-order valence-corrected chi connectivity index (χ1v) is 6.65. The van der Waals surface area contributed by atoms with Crippen molar-refractivity contribution in [3.8, 4) is 0 Å². The fraction of sp³-hybridized carbons (Fsp3) is 0.375. The van der Waals surface area contributed by atoms with Crippen molar-refractivity contribution >= 4 is 16.5 Å². The van der Waals surface area contributed by atoms with Gasteiger partial charge in [0.25, 0.3) is 0 Å². The molecule has 3 rings (SSSR count). The molecular formula is C16H19NO. The third kappa shape index (κ3) is 2.08. The number of nitrogens with one attached hydrogen (secondary N) is 1. The molecule has 2 heteroatoms. The minimum Gasteiger partial charge on any atom is -0.396 e. The Morgan fingerprint density at radius 2 is 1.83 bits per heavy atom. The normalized spacial score (nSPS) is 17.4. The minimum absolute atomic E-state index is 0.131. The van der Waals surface area contributed by atoms with E-state index < -0.39 is 0 Å². The Morgan fingerprint density at radius 3 is 2.50 bits per heavy atom. The van der Waals surface area contributed by atoms with Crippen LogP contribution < -0.4 is 5.32 Å². The monoisotopic (exact) mass is 241 g/mol. The van der Waals surface area contributed by atoms with E-state index in [1.165, 1.54) is 17.2 Å². The van der Waals surface area contributed by atoms with Gasteiger partial charge >= 0.3 is 0 Å². The number of rotatable bonds is 4. The fourth-order valence-electron chi connectivity index (χ4n) is 2.66. The molecule has 2 aromatic rings. The summed E-state index contributed by atoms with van der Waals surface area (Å²) in [5.74, 6) is 0. The van der Waals surface area contributed by atoms with Crippen LogP contribution in [0, 0.1) is 5.41 Å². The number of hydrogen-bond acceptors (Lipinski definition) is 2. The second-order valence-electron chi connectivity index (χ2n) is 5.43. The third-order valence-corrected chi connectivity index (χ3v) is 4.17. The maximum atomic E-state index is 9.45. The highest BCUT2D eigenvalue weighted by molar-refractivity contribution is 5.85. The summed E-state index contributed by atoms with van der Waals surface area (Å²) in [5, 5.41) is 15.4. The first-order valence-electron chi connectivity index (χ1n) is 6.65. The Labute approximate surface area is 108 Å². The van der Waals surface area contributed by atoms with Gasteiger partial charge in [0.2, 0.25) is 0 Å². The SMILES string of the molecule is OCC1(CNc2ccc3ccccc3c2)CCC1. The van der Waals surface area contributed by atoms with Crippen LogP contribution >= 0.6 is 0 Å². The Kier molecular flexibility index (Phi) is 2.96. The van der Waals surface area contributed by atoms with E-state index in [9.17, 15) is 5.11 Å². The summed E-state index contributed by atoms with van der Waals surface area (Å²) < 4.78 is 0. The first-order chi connectivity index (χ1) is 8.81. The second-order valence-corrected chi connectivity index (χ2v) is 5.43. The molecule has 1 aliphatic rings. The Balaban J connectivity index is 1.74. The number of aliphatic hydroxyl groups excluding tert-OH is 1. The summed E-state index contributed by atoms with van der Waals surface area (Å²) >= 11 is 0. The summed E-state index contributed by atoms with van der Waals surface area (Å²) in [4.78, 5) is 0. The molecule has 0 spiro atoms. The van der Waals surface area contributed by atoms with Crippen molar-refractivity contribution in [2.75, 3.05) is 18.5 Å². The Hall–Kier alpha value is -1.54.